The van der Waals surface area contributed by atoms with Crippen molar-refractivity contribution in [2.75, 3.05) is 0 Å². The maximum absolute atomic E-state index is 14.6. The summed E-state index contributed by atoms with van der Waals surface area (Å²) in [5.74, 6) is -9.97. The normalized spacial score (nSPS) is 33.2. The number of fused-ring (bicyclic) bond motifs is 1. The highest BCUT2D eigenvalue weighted by Gasteiger charge is 2.72. The van der Waals surface area contributed by atoms with Gasteiger partial charge in [-0.15, -0.1) is 0 Å². The zero-order valence-electron chi connectivity index (χ0n) is 27.7. The number of carbonyl (C=O) groups is 8. The van der Waals surface area contributed by atoms with E-state index in [1.54, 1.807) is 0 Å². The average molecular weight is 651 g/mol. The predicted octanol–water partition coefficient (Wildman–Crippen LogP) is 2.28. The van der Waals surface area contributed by atoms with Gasteiger partial charge in [0.25, 0.3) is 0 Å². The molecule has 46 heavy (non-hydrogen) atoms. The average Bonchev–Trinajstić information content (AvgIpc) is 3.11. The second-order valence-corrected chi connectivity index (χ2v) is 12.4. The molecule has 0 aromatic carbocycles. The standard InChI is InChI=1S/C32H42O14/c1-15-12-13-30(9,10)28(40)26(43-19(5)35)25(42-18(4)34)16(2)24(41-17(3)33)23-29(44-20(6)36)31(11,45-21(7)37)14-32(23,27(15)39)46-22(8)38/h12-13,15,23-26,29H,2,14H2,1,3-11H3/b13-12+/t15-,23+,24?,25?,26?,29?,31?,32?/m1/s1. The minimum Gasteiger partial charge on any atom is -0.458 e. The number of esters is 6. The summed E-state index contributed by atoms with van der Waals surface area (Å²) in [6.07, 6.45) is -5.02. The van der Waals surface area contributed by atoms with E-state index < -0.39 is 112 Å². The number of ketones is 2. The van der Waals surface area contributed by atoms with E-state index in [0.29, 0.717) is 0 Å². The van der Waals surface area contributed by atoms with Crippen LogP contribution >= 0.6 is 0 Å². The van der Waals surface area contributed by atoms with Gasteiger partial charge in [0.2, 0.25) is 6.10 Å². The van der Waals surface area contributed by atoms with Crippen molar-refractivity contribution in [3.8, 4) is 0 Å². The summed E-state index contributed by atoms with van der Waals surface area (Å²) in [5.41, 5.74) is -6.07. The number of hydrogen-bond acceptors (Lipinski definition) is 14. The molecule has 254 valence electrons. The van der Waals surface area contributed by atoms with Crippen molar-refractivity contribution in [3.63, 3.8) is 0 Å². The largest absolute Gasteiger partial charge is 0.458 e. The molecule has 0 spiro atoms. The molecule has 0 heterocycles. The van der Waals surface area contributed by atoms with Gasteiger partial charge >= 0.3 is 35.8 Å². The van der Waals surface area contributed by atoms with Gasteiger partial charge in [-0.25, -0.2) is 0 Å². The summed E-state index contributed by atoms with van der Waals surface area (Å²) in [5, 5.41) is 0. The molecule has 2 rings (SSSR count). The molecule has 14 heteroatoms. The number of allylic oxidation sites excluding steroid dienone is 2. The molecule has 0 N–H and O–H groups in total. The van der Waals surface area contributed by atoms with Crippen LogP contribution in [0.5, 0.6) is 0 Å². The number of ether oxygens (including phenoxy) is 6. The van der Waals surface area contributed by atoms with Gasteiger partial charge in [0.15, 0.2) is 35.0 Å². The van der Waals surface area contributed by atoms with E-state index in [2.05, 4.69) is 6.58 Å². The molecule has 6 unspecified atom stereocenters. The Labute approximate surface area is 267 Å². The molecule has 0 amide bonds. The topological polar surface area (TPSA) is 192 Å². The van der Waals surface area contributed by atoms with Gasteiger partial charge in [0, 0.05) is 64.9 Å². The highest BCUT2D eigenvalue weighted by Crippen LogP contribution is 2.54. The maximum atomic E-state index is 14.6. The quantitative estimate of drug-likeness (QED) is 0.231. The molecule has 0 radical (unpaired) electrons. The summed E-state index contributed by atoms with van der Waals surface area (Å²) in [4.78, 5) is 104. The molecule has 1 saturated carbocycles. The number of Topliss-reactive ketones (excluding diaryl/α,β-unsaturated/α-hetero) is 2. The van der Waals surface area contributed by atoms with E-state index in [-0.39, 0.29) is 0 Å². The molecule has 0 saturated heterocycles. The van der Waals surface area contributed by atoms with Crippen LogP contribution in [0.1, 0.15) is 75.7 Å². The lowest BCUT2D eigenvalue weighted by Gasteiger charge is -2.42. The molecule has 2 aliphatic rings. The Morgan fingerprint density at radius 3 is 1.59 bits per heavy atom. The second-order valence-electron chi connectivity index (χ2n) is 12.4. The molecular formula is C32H42O14. The van der Waals surface area contributed by atoms with Gasteiger partial charge in [0.05, 0.1) is 5.92 Å². The van der Waals surface area contributed by atoms with Gasteiger partial charge in [0.1, 0.15) is 6.10 Å². The van der Waals surface area contributed by atoms with E-state index in [0.717, 1.165) is 41.5 Å². The smallest absolute Gasteiger partial charge is 0.303 e. The number of carbonyl (C=O) groups excluding carboxylic acids is 8. The third-order valence-electron chi connectivity index (χ3n) is 7.81. The van der Waals surface area contributed by atoms with Gasteiger partial charge in [-0.3, -0.25) is 38.4 Å². The Balaban J connectivity index is 3.21. The van der Waals surface area contributed by atoms with Crippen molar-refractivity contribution >= 4 is 47.4 Å². The van der Waals surface area contributed by atoms with Crippen LogP contribution in [0, 0.1) is 17.3 Å². The Hall–Kier alpha value is -4.36. The molecule has 1 fully saturated rings. The molecule has 8 atom stereocenters. The van der Waals surface area contributed by atoms with E-state index in [4.69, 9.17) is 28.4 Å². The van der Waals surface area contributed by atoms with E-state index in [1.165, 1.54) is 39.8 Å². The highest BCUT2D eigenvalue weighted by molar-refractivity contribution is 5.95. The van der Waals surface area contributed by atoms with Crippen LogP contribution in [-0.2, 0) is 66.8 Å². The molecule has 0 aromatic heterocycles. The molecule has 0 bridgehead atoms. The van der Waals surface area contributed by atoms with Gasteiger partial charge < -0.3 is 28.4 Å². The molecule has 2 aliphatic carbocycles. The van der Waals surface area contributed by atoms with Crippen LogP contribution < -0.4 is 0 Å². The lowest BCUT2D eigenvalue weighted by molar-refractivity contribution is -0.191. The zero-order valence-corrected chi connectivity index (χ0v) is 27.7. The first-order chi connectivity index (χ1) is 21.0. The van der Waals surface area contributed by atoms with Crippen molar-refractivity contribution < 1.29 is 66.8 Å². The summed E-state index contributed by atoms with van der Waals surface area (Å²) >= 11 is 0. The minimum atomic E-state index is -2.34. The molecule has 0 aromatic rings. The van der Waals surface area contributed by atoms with Crippen LogP contribution in [0.25, 0.3) is 0 Å². The summed E-state index contributed by atoms with van der Waals surface area (Å²) < 4.78 is 33.7. The van der Waals surface area contributed by atoms with Crippen molar-refractivity contribution in [3.05, 3.63) is 24.3 Å². The fourth-order valence-corrected chi connectivity index (χ4v) is 6.20. The molecule has 0 aliphatic heterocycles. The van der Waals surface area contributed by atoms with E-state index in [1.807, 2.05) is 0 Å². The lowest BCUT2D eigenvalue weighted by Crippen LogP contribution is -2.58. The van der Waals surface area contributed by atoms with Gasteiger partial charge in [-0.1, -0.05) is 25.7 Å². The van der Waals surface area contributed by atoms with Crippen molar-refractivity contribution in [2.24, 2.45) is 17.3 Å². The first-order valence-electron chi connectivity index (χ1n) is 14.5. The highest BCUT2D eigenvalue weighted by atomic mass is 16.6. The first kappa shape index (κ1) is 37.8. The van der Waals surface area contributed by atoms with E-state index in [9.17, 15) is 38.4 Å². The fourth-order valence-electron chi connectivity index (χ4n) is 6.20. The predicted molar refractivity (Wildman–Crippen MR) is 156 cm³/mol. The number of hydrogen-bond donors (Lipinski definition) is 0. The fraction of sp³-hybridized carbons (Fsp3) is 0.625. The van der Waals surface area contributed by atoms with Crippen LogP contribution in [-0.4, -0.2) is 83.0 Å². The summed E-state index contributed by atoms with van der Waals surface area (Å²) in [6.45, 7) is 15.9. The van der Waals surface area contributed by atoms with E-state index >= 15 is 0 Å². The monoisotopic (exact) mass is 650 g/mol. The van der Waals surface area contributed by atoms with Gasteiger partial charge in [-0.2, -0.15) is 0 Å². The van der Waals surface area contributed by atoms with Crippen molar-refractivity contribution in [1.82, 2.24) is 0 Å². The maximum Gasteiger partial charge on any atom is 0.303 e. The Bertz CT molecular complexity index is 1360. The van der Waals surface area contributed by atoms with Crippen LogP contribution in [0.2, 0.25) is 0 Å². The Kier molecular flexibility index (Phi) is 11.5. The molecular weight excluding hydrogens is 608 g/mol. The second kappa shape index (κ2) is 14.0. The number of rotatable bonds is 6. The van der Waals surface area contributed by atoms with Crippen LogP contribution in [0.4, 0.5) is 0 Å². The van der Waals surface area contributed by atoms with Crippen LogP contribution in [0.3, 0.4) is 0 Å². The summed E-state index contributed by atoms with van der Waals surface area (Å²) in [6, 6.07) is 0. The zero-order chi connectivity index (χ0) is 35.5. The van der Waals surface area contributed by atoms with Gasteiger partial charge in [-0.05, 0) is 20.8 Å². The minimum absolute atomic E-state index is 0.392. The summed E-state index contributed by atoms with van der Waals surface area (Å²) in [7, 11) is 0. The van der Waals surface area contributed by atoms with Crippen molar-refractivity contribution in [2.45, 2.75) is 111 Å². The third-order valence-corrected chi connectivity index (χ3v) is 7.81. The Morgan fingerprint density at radius 1 is 0.674 bits per heavy atom. The SMILES string of the molecule is C=C1C(OC(C)=O)C(OC(C)=O)C(=O)C(C)(C)/C=C/[C@@H](C)C(=O)C2(OC(C)=O)CC(C)(OC(C)=O)C(OC(C)=O)[C@@H]2C1OC(C)=O. The lowest BCUT2D eigenvalue weighted by atomic mass is 9.72. The third kappa shape index (κ3) is 8.07. The molecule has 14 nitrogen and oxygen atoms in total. The van der Waals surface area contributed by atoms with Crippen molar-refractivity contribution in [1.29, 1.82) is 0 Å². The Morgan fingerprint density at radius 2 is 1.13 bits per heavy atom. The van der Waals surface area contributed by atoms with Crippen LogP contribution in [0.15, 0.2) is 24.3 Å². The first-order valence-corrected chi connectivity index (χ1v) is 14.5.